The number of nitrogens with one attached hydrogen (secondary N) is 1. The summed E-state index contributed by atoms with van der Waals surface area (Å²) in [6.45, 7) is 0. The van der Waals surface area contributed by atoms with Crippen LogP contribution in [0.25, 0.3) is 11.0 Å². The lowest BCUT2D eigenvalue weighted by Crippen LogP contribution is -1.92. The van der Waals surface area contributed by atoms with Gasteiger partial charge in [-0.15, -0.1) is 0 Å². The second-order valence-corrected chi connectivity index (χ2v) is 2.57. The van der Waals surface area contributed by atoms with E-state index in [0.29, 0.717) is 28.7 Å². The number of nitrogens with zero attached hydrogens (tertiary/aromatic N) is 2. The zero-order valence-electron chi connectivity index (χ0n) is 7.11. The Kier molecular flexibility index (Phi) is 1.88. The molecule has 2 heterocycles. The molecule has 2 rings (SSSR count). The van der Waals surface area contributed by atoms with Crippen molar-refractivity contribution in [1.29, 1.82) is 0 Å². The van der Waals surface area contributed by atoms with Gasteiger partial charge in [0, 0.05) is 6.20 Å². The molecule has 5 heteroatoms. The van der Waals surface area contributed by atoms with E-state index in [0.717, 1.165) is 0 Å². The first kappa shape index (κ1) is 8.26. The lowest BCUT2D eigenvalue weighted by atomic mass is 10.2. The molecule has 2 aromatic rings. The lowest BCUT2D eigenvalue weighted by molar-refractivity contribution is -0.103. The Balaban J connectivity index is 2.73. The van der Waals surface area contributed by atoms with Gasteiger partial charge in [-0.2, -0.15) is 0 Å². The molecule has 0 aliphatic carbocycles. The van der Waals surface area contributed by atoms with Gasteiger partial charge >= 0.3 is 0 Å². The molecule has 3 N–H and O–H groups in total. The average Bonchev–Trinajstić information content (AvgIpc) is 2.59. The summed E-state index contributed by atoms with van der Waals surface area (Å²) < 4.78 is 0. The van der Waals surface area contributed by atoms with E-state index in [2.05, 4.69) is 26.8 Å². The van der Waals surface area contributed by atoms with Crippen LogP contribution >= 0.6 is 0 Å². The van der Waals surface area contributed by atoms with Gasteiger partial charge < -0.3 is 10.7 Å². The number of hydrogen-bond acceptors (Lipinski definition) is 4. The minimum absolute atomic E-state index is 0.353. The topological polar surface area (TPSA) is 84.7 Å². The van der Waals surface area contributed by atoms with E-state index in [4.69, 9.17) is 5.73 Å². The van der Waals surface area contributed by atoms with Crippen LogP contribution in [-0.2, 0) is 4.79 Å². The molecule has 0 unspecified atom stereocenters. The molecule has 0 saturated carbocycles. The van der Waals surface area contributed by atoms with Gasteiger partial charge in [-0.05, 0) is 5.92 Å². The molecule has 0 spiro atoms. The van der Waals surface area contributed by atoms with Crippen molar-refractivity contribution in [3.63, 3.8) is 0 Å². The number of H-pyrrole nitrogens is 1. The van der Waals surface area contributed by atoms with Crippen LogP contribution in [-0.4, -0.2) is 21.2 Å². The van der Waals surface area contributed by atoms with Crippen LogP contribution in [0.3, 0.4) is 0 Å². The fraction of sp³-hybridized carbons (Fsp3) is 0. The maximum atomic E-state index is 10.1. The highest BCUT2D eigenvalue weighted by atomic mass is 16.1. The fourth-order valence-electron chi connectivity index (χ4n) is 1.19. The van der Waals surface area contributed by atoms with Gasteiger partial charge in [0.05, 0.1) is 10.9 Å². The van der Waals surface area contributed by atoms with E-state index in [1.807, 2.05) is 0 Å². The molecular formula is C9H6N4O. The third-order valence-electron chi connectivity index (χ3n) is 1.76. The molecule has 0 fully saturated rings. The number of carbonyl (C=O) groups is 1. The van der Waals surface area contributed by atoms with Gasteiger partial charge in [0.1, 0.15) is 17.8 Å². The second kappa shape index (κ2) is 3.18. The highest BCUT2D eigenvalue weighted by Gasteiger charge is 2.05. The van der Waals surface area contributed by atoms with Crippen molar-refractivity contribution in [2.24, 2.45) is 0 Å². The van der Waals surface area contributed by atoms with Crippen molar-refractivity contribution >= 4 is 23.1 Å². The third kappa shape index (κ3) is 1.19. The van der Waals surface area contributed by atoms with Crippen LogP contribution in [0.5, 0.6) is 0 Å². The molecule has 0 saturated heterocycles. The second-order valence-electron chi connectivity index (χ2n) is 2.57. The van der Waals surface area contributed by atoms with E-state index in [9.17, 15) is 4.79 Å². The molecule has 0 bridgehead atoms. The molecule has 0 aromatic carbocycles. The predicted molar refractivity (Wildman–Crippen MR) is 51.2 cm³/mol. The van der Waals surface area contributed by atoms with Gasteiger partial charge in [0.15, 0.2) is 6.29 Å². The summed E-state index contributed by atoms with van der Waals surface area (Å²) >= 11 is 0. The SMILES string of the molecule is Nc1ncnc2[nH]cc(C#CC=O)c12. The summed E-state index contributed by atoms with van der Waals surface area (Å²) in [5, 5.41) is 0.654. The largest absolute Gasteiger partial charge is 0.383 e. The van der Waals surface area contributed by atoms with Crippen molar-refractivity contribution < 1.29 is 4.79 Å². The molecule has 0 aliphatic rings. The number of aromatic nitrogens is 3. The Labute approximate surface area is 79.4 Å². The highest BCUT2D eigenvalue weighted by Crippen LogP contribution is 2.19. The maximum absolute atomic E-state index is 10.1. The Morgan fingerprint density at radius 1 is 1.50 bits per heavy atom. The van der Waals surface area contributed by atoms with Crippen molar-refractivity contribution in [3.8, 4) is 11.8 Å². The Hall–Kier alpha value is -2.35. The highest BCUT2D eigenvalue weighted by molar-refractivity contribution is 5.92. The fourth-order valence-corrected chi connectivity index (χ4v) is 1.19. The van der Waals surface area contributed by atoms with Crippen molar-refractivity contribution in [2.45, 2.75) is 0 Å². The summed E-state index contributed by atoms with van der Waals surface area (Å²) in [5.74, 6) is 5.31. The van der Waals surface area contributed by atoms with Crippen LogP contribution in [0.1, 0.15) is 5.56 Å². The quantitative estimate of drug-likeness (QED) is 0.451. The van der Waals surface area contributed by atoms with Crippen LogP contribution in [0.4, 0.5) is 5.82 Å². The van der Waals surface area contributed by atoms with Gasteiger partial charge in [-0.3, -0.25) is 4.79 Å². The molecule has 0 atom stereocenters. The summed E-state index contributed by atoms with van der Waals surface area (Å²) in [6, 6.07) is 0. The first-order valence-corrected chi connectivity index (χ1v) is 3.85. The first-order chi connectivity index (χ1) is 6.83. The van der Waals surface area contributed by atoms with Crippen molar-refractivity contribution in [1.82, 2.24) is 15.0 Å². The number of aldehydes is 1. The Morgan fingerprint density at radius 3 is 3.14 bits per heavy atom. The number of carbonyl (C=O) groups excluding carboxylic acids is 1. The maximum Gasteiger partial charge on any atom is 0.193 e. The van der Waals surface area contributed by atoms with Crippen LogP contribution in [0.2, 0.25) is 0 Å². The number of aromatic amines is 1. The van der Waals surface area contributed by atoms with Gasteiger partial charge in [-0.25, -0.2) is 9.97 Å². The van der Waals surface area contributed by atoms with E-state index in [1.54, 1.807) is 6.20 Å². The summed E-state index contributed by atoms with van der Waals surface area (Å²) in [4.78, 5) is 20.8. The molecule has 68 valence electrons. The number of nitrogen functional groups attached to an aromatic ring is 1. The van der Waals surface area contributed by atoms with Crippen LogP contribution in [0.15, 0.2) is 12.5 Å². The smallest absolute Gasteiger partial charge is 0.193 e. The number of fused-ring (bicyclic) bond motifs is 1. The molecule has 14 heavy (non-hydrogen) atoms. The van der Waals surface area contributed by atoms with Gasteiger partial charge in [-0.1, -0.05) is 5.92 Å². The number of nitrogens with two attached hydrogens (primary N) is 1. The Morgan fingerprint density at radius 2 is 2.36 bits per heavy atom. The molecule has 5 nitrogen and oxygen atoms in total. The van der Waals surface area contributed by atoms with Crippen LogP contribution in [0, 0.1) is 11.8 Å². The lowest BCUT2D eigenvalue weighted by Gasteiger charge is -1.93. The first-order valence-electron chi connectivity index (χ1n) is 3.85. The van der Waals surface area contributed by atoms with Crippen molar-refractivity contribution in [3.05, 3.63) is 18.1 Å². The third-order valence-corrected chi connectivity index (χ3v) is 1.76. The van der Waals surface area contributed by atoms with Crippen molar-refractivity contribution in [2.75, 3.05) is 5.73 Å². The normalized spacial score (nSPS) is 9.43. The zero-order valence-corrected chi connectivity index (χ0v) is 7.11. The Bertz CT molecular complexity index is 547. The van der Waals surface area contributed by atoms with Gasteiger partial charge in [0.25, 0.3) is 0 Å². The summed E-state index contributed by atoms with van der Waals surface area (Å²) in [6.07, 6.45) is 3.54. The molecule has 0 amide bonds. The molecular weight excluding hydrogens is 180 g/mol. The van der Waals surface area contributed by atoms with E-state index < -0.39 is 0 Å². The molecule has 0 radical (unpaired) electrons. The summed E-state index contributed by atoms with van der Waals surface area (Å²) in [5.41, 5.74) is 6.89. The minimum Gasteiger partial charge on any atom is -0.383 e. The number of hydrogen-bond donors (Lipinski definition) is 2. The zero-order chi connectivity index (χ0) is 9.97. The average molecular weight is 186 g/mol. The van der Waals surface area contributed by atoms with E-state index >= 15 is 0 Å². The van der Waals surface area contributed by atoms with Crippen LogP contribution < -0.4 is 5.73 Å². The number of anilines is 1. The monoisotopic (exact) mass is 186 g/mol. The molecule has 0 aliphatic heterocycles. The van der Waals surface area contributed by atoms with E-state index in [-0.39, 0.29) is 0 Å². The number of rotatable bonds is 0. The molecule has 2 aromatic heterocycles. The summed E-state index contributed by atoms with van der Waals surface area (Å²) in [7, 11) is 0. The standard InChI is InChI=1S/C9H6N4O/c10-8-7-6(2-1-3-14)4-11-9(7)13-5-12-8/h3-5H,(H3,10,11,12,13). The van der Waals surface area contributed by atoms with Gasteiger partial charge in [0.2, 0.25) is 0 Å². The predicted octanol–water partition coefficient (Wildman–Crippen LogP) is 0.0905. The van der Waals surface area contributed by atoms with E-state index in [1.165, 1.54) is 6.33 Å². The minimum atomic E-state index is 0.353.